The average molecular weight is 222 g/mol. The second kappa shape index (κ2) is 3.51. The van der Waals surface area contributed by atoms with Gasteiger partial charge in [0.15, 0.2) is 5.11 Å². The molecule has 0 unspecified atom stereocenters. The molecule has 1 fully saturated rings. The Kier molecular flexibility index (Phi) is 2.32. The van der Waals surface area contributed by atoms with Gasteiger partial charge in [0, 0.05) is 20.2 Å². The molecule has 0 N–H and O–H groups in total. The minimum absolute atomic E-state index is 0.112. The van der Waals surface area contributed by atoms with Crippen molar-refractivity contribution in [3.05, 3.63) is 29.9 Å². The highest BCUT2D eigenvalue weighted by molar-refractivity contribution is 7.80. The Morgan fingerprint density at radius 3 is 2.60 bits per heavy atom. The first-order valence-corrected chi connectivity index (χ1v) is 4.83. The smallest absolute Gasteiger partial charge is 0.276 e. The summed E-state index contributed by atoms with van der Waals surface area (Å²) in [5, 5.41) is 0.498. The number of furan rings is 1. The fourth-order valence-corrected chi connectivity index (χ4v) is 1.58. The van der Waals surface area contributed by atoms with Crippen LogP contribution in [0.2, 0.25) is 0 Å². The van der Waals surface area contributed by atoms with Crippen molar-refractivity contribution in [2.75, 3.05) is 14.1 Å². The van der Waals surface area contributed by atoms with Crippen LogP contribution in [0.1, 0.15) is 5.76 Å². The van der Waals surface area contributed by atoms with Gasteiger partial charge in [-0.15, -0.1) is 0 Å². The average Bonchev–Trinajstić information content (AvgIpc) is 2.79. The maximum atomic E-state index is 11.7. The zero-order valence-corrected chi connectivity index (χ0v) is 9.25. The van der Waals surface area contributed by atoms with E-state index in [0.717, 1.165) is 0 Å². The molecule has 78 valence electrons. The van der Waals surface area contributed by atoms with Crippen LogP contribution in [0, 0.1) is 0 Å². The Bertz CT molecular complexity index is 436. The van der Waals surface area contributed by atoms with Crippen LogP contribution in [0.15, 0.2) is 28.5 Å². The normalized spacial score (nSPS) is 19.5. The van der Waals surface area contributed by atoms with E-state index in [2.05, 4.69) is 0 Å². The predicted octanol–water partition coefficient (Wildman–Crippen LogP) is 1.31. The van der Waals surface area contributed by atoms with Crippen molar-refractivity contribution >= 4 is 29.3 Å². The van der Waals surface area contributed by atoms with Gasteiger partial charge in [-0.3, -0.25) is 9.69 Å². The van der Waals surface area contributed by atoms with E-state index in [1.165, 1.54) is 4.90 Å². The van der Waals surface area contributed by atoms with Crippen LogP contribution in [0.25, 0.3) is 6.08 Å². The van der Waals surface area contributed by atoms with Gasteiger partial charge in [-0.1, -0.05) is 0 Å². The molecule has 0 bridgehead atoms. The minimum atomic E-state index is -0.112. The van der Waals surface area contributed by atoms with Gasteiger partial charge in [-0.2, -0.15) is 0 Å². The first-order chi connectivity index (χ1) is 7.11. The molecule has 1 aliphatic heterocycles. The molecule has 0 aliphatic carbocycles. The number of nitrogens with zero attached hydrogens (tertiary/aromatic N) is 2. The van der Waals surface area contributed by atoms with Crippen molar-refractivity contribution in [2.45, 2.75) is 0 Å². The van der Waals surface area contributed by atoms with Crippen molar-refractivity contribution in [3.8, 4) is 0 Å². The first-order valence-electron chi connectivity index (χ1n) is 4.42. The summed E-state index contributed by atoms with van der Waals surface area (Å²) in [6.07, 6.45) is 3.24. The Labute approximate surface area is 92.8 Å². The van der Waals surface area contributed by atoms with Gasteiger partial charge in [0.2, 0.25) is 0 Å². The van der Waals surface area contributed by atoms with E-state index in [4.69, 9.17) is 16.6 Å². The highest BCUT2D eigenvalue weighted by Gasteiger charge is 2.32. The van der Waals surface area contributed by atoms with Crippen LogP contribution in [0.3, 0.4) is 0 Å². The second-order valence-electron chi connectivity index (χ2n) is 3.25. The van der Waals surface area contributed by atoms with Gasteiger partial charge < -0.3 is 9.32 Å². The molecule has 4 nitrogen and oxygen atoms in total. The van der Waals surface area contributed by atoms with E-state index in [9.17, 15) is 4.79 Å². The predicted molar refractivity (Wildman–Crippen MR) is 59.8 cm³/mol. The molecule has 0 spiro atoms. The van der Waals surface area contributed by atoms with Gasteiger partial charge in [0.05, 0.1) is 6.26 Å². The molecule has 1 amide bonds. The van der Waals surface area contributed by atoms with Gasteiger partial charge >= 0.3 is 0 Å². The van der Waals surface area contributed by atoms with Crippen LogP contribution in [0.5, 0.6) is 0 Å². The van der Waals surface area contributed by atoms with Crippen LogP contribution in [-0.2, 0) is 4.79 Å². The molecule has 0 saturated carbocycles. The molecule has 1 aliphatic rings. The summed E-state index contributed by atoms with van der Waals surface area (Å²) < 4.78 is 5.15. The molecule has 1 saturated heterocycles. The summed E-state index contributed by atoms with van der Waals surface area (Å²) in [4.78, 5) is 14.8. The highest BCUT2D eigenvalue weighted by atomic mass is 32.1. The summed E-state index contributed by atoms with van der Waals surface area (Å²) in [6.45, 7) is 0. The van der Waals surface area contributed by atoms with Crippen LogP contribution >= 0.6 is 12.2 Å². The van der Waals surface area contributed by atoms with E-state index in [1.54, 1.807) is 43.5 Å². The van der Waals surface area contributed by atoms with Crippen molar-refractivity contribution in [2.24, 2.45) is 0 Å². The quantitative estimate of drug-likeness (QED) is 0.530. The minimum Gasteiger partial charge on any atom is -0.465 e. The Morgan fingerprint density at radius 2 is 2.13 bits per heavy atom. The Morgan fingerprint density at radius 1 is 1.40 bits per heavy atom. The molecule has 15 heavy (non-hydrogen) atoms. The van der Waals surface area contributed by atoms with E-state index in [0.29, 0.717) is 16.6 Å². The number of rotatable bonds is 1. The standard InChI is InChI=1S/C10H10N2O2S/c1-11-8(6-7-4-3-5-14-7)9(13)12(2)10(11)15/h3-6H,1-2H3/b8-6-. The molecule has 5 heteroatoms. The van der Waals surface area contributed by atoms with E-state index < -0.39 is 0 Å². The zero-order valence-electron chi connectivity index (χ0n) is 8.43. The second-order valence-corrected chi connectivity index (χ2v) is 3.62. The number of amides is 1. The van der Waals surface area contributed by atoms with Gasteiger partial charge in [-0.25, -0.2) is 0 Å². The maximum absolute atomic E-state index is 11.7. The summed E-state index contributed by atoms with van der Waals surface area (Å²) in [7, 11) is 3.42. The Hall–Kier alpha value is -1.62. The number of carbonyl (C=O) groups excluding carboxylic acids is 1. The molecule has 0 atom stereocenters. The maximum Gasteiger partial charge on any atom is 0.276 e. The van der Waals surface area contributed by atoms with Crippen LogP contribution in [0.4, 0.5) is 0 Å². The van der Waals surface area contributed by atoms with E-state index >= 15 is 0 Å². The molecule has 2 rings (SSSR count). The molecular formula is C10H10N2O2S. The SMILES string of the molecule is CN1C(=O)/C(=C/c2ccco2)N(C)C1=S. The third-order valence-electron chi connectivity index (χ3n) is 2.28. The molecule has 0 radical (unpaired) electrons. The fraction of sp³-hybridized carbons (Fsp3) is 0.200. The lowest BCUT2D eigenvalue weighted by Crippen LogP contribution is -2.26. The lowest BCUT2D eigenvalue weighted by molar-refractivity contribution is -0.121. The summed E-state index contributed by atoms with van der Waals surface area (Å²) >= 11 is 5.07. The summed E-state index contributed by atoms with van der Waals surface area (Å²) in [5.41, 5.74) is 0.525. The van der Waals surface area contributed by atoms with Crippen LogP contribution < -0.4 is 0 Å². The van der Waals surface area contributed by atoms with Crippen molar-refractivity contribution in [1.29, 1.82) is 0 Å². The summed E-state index contributed by atoms with van der Waals surface area (Å²) in [5.74, 6) is 0.530. The zero-order chi connectivity index (χ0) is 11.0. The lowest BCUT2D eigenvalue weighted by Gasteiger charge is -2.10. The molecule has 2 heterocycles. The van der Waals surface area contributed by atoms with Gasteiger partial charge in [0.25, 0.3) is 5.91 Å². The number of hydrogen-bond acceptors (Lipinski definition) is 3. The molecule has 0 aromatic carbocycles. The van der Waals surface area contributed by atoms with Crippen molar-refractivity contribution < 1.29 is 9.21 Å². The number of likely N-dealkylation sites (N-methyl/N-ethyl adjacent to an activating group) is 2. The van der Waals surface area contributed by atoms with Crippen LogP contribution in [-0.4, -0.2) is 34.9 Å². The van der Waals surface area contributed by atoms with E-state index in [-0.39, 0.29) is 5.91 Å². The topological polar surface area (TPSA) is 36.7 Å². The lowest BCUT2D eigenvalue weighted by atomic mass is 10.3. The monoisotopic (exact) mass is 222 g/mol. The number of thiocarbonyl (C=S) groups is 1. The van der Waals surface area contributed by atoms with E-state index in [1.807, 2.05) is 0 Å². The highest BCUT2D eigenvalue weighted by Crippen LogP contribution is 2.20. The molecule has 1 aromatic rings. The van der Waals surface area contributed by atoms with Crippen molar-refractivity contribution in [1.82, 2.24) is 9.80 Å². The number of hydrogen-bond donors (Lipinski definition) is 0. The van der Waals surface area contributed by atoms with Gasteiger partial charge in [-0.05, 0) is 24.4 Å². The first kappa shape index (κ1) is 9.92. The summed E-state index contributed by atoms with van der Waals surface area (Å²) in [6, 6.07) is 3.56. The number of carbonyl (C=O) groups is 1. The molecule has 1 aromatic heterocycles. The fourth-order valence-electron chi connectivity index (χ4n) is 1.40. The largest absolute Gasteiger partial charge is 0.465 e. The van der Waals surface area contributed by atoms with Gasteiger partial charge in [0.1, 0.15) is 11.5 Å². The van der Waals surface area contributed by atoms with Crippen molar-refractivity contribution in [3.63, 3.8) is 0 Å². The Balaban J connectivity index is 2.38. The molecular weight excluding hydrogens is 212 g/mol. The third-order valence-corrected chi connectivity index (χ3v) is 2.83. The third kappa shape index (κ3) is 1.55.